The molecule has 0 aliphatic rings. The Morgan fingerprint density at radius 1 is 1.17 bits per heavy atom. The first kappa shape index (κ1) is 12.3. The van der Waals surface area contributed by atoms with Crippen molar-refractivity contribution in [1.29, 1.82) is 0 Å². The number of pyridine rings is 1. The third-order valence-electron chi connectivity index (χ3n) is 2.66. The van der Waals surface area contributed by atoms with Crippen LogP contribution in [0.4, 0.5) is 14.6 Å². The van der Waals surface area contributed by atoms with Crippen molar-refractivity contribution in [2.24, 2.45) is 0 Å². The summed E-state index contributed by atoms with van der Waals surface area (Å²) in [5.74, 6) is -0.919. The first-order valence-corrected chi connectivity index (χ1v) is 5.28. The van der Waals surface area contributed by atoms with Gasteiger partial charge < -0.3 is 10.5 Å². The van der Waals surface area contributed by atoms with Gasteiger partial charge in [0, 0.05) is 23.9 Å². The fraction of sp³-hybridized carbons (Fsp3) is 0.154. The lowest BCUT2D eigenvalue weighted by atomic mass is 10.0. The fourth-order valence-electron chi connectivity index (χ4n) is 1.67. The summed E-state index contributed by atoms with van der Waals surface area (Å²) < 4.78 is 32.5. The summed E-state index contributed by atoms with van der Waals surface area (Å²) in [4.78, 5) is 3.89. The molecule has 94 valence electrons. The molecule has 1 aromatic carbocycles. The van der Waals surface area contributed by atoms with E-state index in [0.29, 0.717) is 16.9 Å². The molecule has 0 radical (unpaired) electrons. The van der Waals surface area contributed by atoms with E-state index in [1.54, 1.807) is 13.0 Å². The Morgan fingerprint density at radius 3 is 2.28 bits per heavy atom. The van der Waals surface area contributed by atoms with Crippen LogP contribution in [-0.2, 0) is 0 Å². The molecule has 2 rings (SSSR count). The molecule has 0 saturated heterocycles. The SMILES string of the molecule is COc1cc(F)c(-c2cnc(N)c(C)c2)c(F)c1. The minimum atomic E-state index is -0.696. The molecule has 0 aliphatic carbocycles. The van der Waals surface area contributed by atoms with Crippen molar-refractivity contribution in [2.75, 3.05) is 12.8 Å². The van der Waals surface area contributed by atoms with Gasteiger partial charge in [-0.25, -0.2) is 13.8 Å². The zero-order chi connectivity index (χ0) is 13.3. The smallest absolute Gasteiger partial charge is 0.137 e. The molecule has 0 unspecified atom stereocenters. The lowest BCUT2D eigenvalue weighted by Crippen LogP contribution is -1.97. The summed E-state index contributed by atoms with van der Waals surface area (Å²) in [7, 11) is 1.35. The van der Waals surface area contributed by atoms with Gasteiger partial charge in [-0.15, -0.1) is 0 Å². The van der Waals surface area contributed by atoms with Gasteiger partial charge in [-0.2, -0.15) is 0 Å². The number of rotatable bonds is 2. The molecule has 2 aromatic rings. The Bertz CT molecular complexity index is 577. The maximum Gasteiger partial charge on any atom is 0.137 e. The normalized spacial score (nSPS) is 10.4. The van der Waals surface area contributed by atoms with Crippen LogP contribution in [0, 0.1) is 18.6 Å². The van der Waals surface area contributed by atoms with E-state index in [-0.39, 0.29) is 11.3 Å². The Kier molecular flexibility index (Phi) is 3.14. The van der Waals surface area contributed by atoms with E-state index < -0.39 is 11.6 Å². The third kappa shape index (κ3) is 2.11. The zero-order valence-electron chi connectivity index (χ0n) is 10.00. The highest BCUT2D eigenvalue weighted by molar-refractivity contribution is 5.67. The van der Waals surface area contributed by atoms with Crippen molar-refractivity contribution in [3.05, 3.63) is 41.6 Å². The molecule has 5 heteroatoms. The van der Waals surface area contributed by atoms with Gasteiger partial charge in [0.25, 0.3) is 0 Å². The lowest BCUT2D eigenvalue weighted by Gasteiger charge is -2.09. The highest BCUT2D eigenvalue weighted by Gasteiger charge is 2.14. The molecule has 1 heterocycles. The van der Waals surface area contributed by atoms with E-state index in [1.807, 2.05) is 0 Å². The van der Waals surface area contributed by atoms with Crippen molar-refractivity contribution < 1.29 is 13.5 Å². The third-order valence-corrected chi connectivity index (χ3v) is 2.66. The van der Waals surface area contributed by atoms with Gasteiger partial charge in [-0.05, 0) is 18.6 Å². The van der Waals surface area contributed by atoms with Crippen LogP contribution in [0.3, 0.4) is 0 Å². The highest BCUT2D eigenvalue weighted by Crippen LogP contribution is 2.30. The van der Waals surface area contributed by atoms with Crippen molar-refractivity contribution in [2.45, 2.75) is 6.92 Å². The number of benzene rings is 1. The van der Waals surface area contributed by atoms with Crippen LogP contribution in [0.1, 0.15) is 5.56 Å². The van der Waals surface area contributed by atoms with Gasteiger partial charge in [0.15, 0.2) is 0 Å². The van der Waals surface area contributed by atoms with Gasteiger partial charge >= 0.3 is 0 Å². The summed E-state index contributed by atoms with van der Waals surface area (Å²) in [6.07, 6.45) is 1.34. The summed E-state index contributed by atoms with van der Waals surface area (Å²) in [6.45, 7) is 1.73. The van der Waals surface area contributed by atoms with E-state index in [2.05, 4.69) is 4.98 Å². The molecule has 0 amide bonds. The van der Waals surface area contributed by atoms with Crippen LogP contribution < -0.4 is 10.5 Å². The second-order valence-electron chi connectivity index (χ2n) is 3.89. The first-order valence-electron chi connectivity index (χ1n) is 5.28. The van der Waals surface area contributed by atoms with Gasteiger partial charge in [0.05, 0.1) is 12.7 Å². The first-order chi connectivity index (χ1) is 8.52. The second kappa shape index (κ2) is 4.60. The highest BCUT2D eigenvalue weighted by atomic mass is 19.1. The van der Waals surface area contributed by atoms with Gasteiger partial charge in [-0.3, -0.25) is 0 Å². The Morgan fingerprint density at radius 2 is 1.78 bits per heavy atom. The molecular weight excluding hydrogens is 238 g/mol. The van der Waals surface area contributed by atoms with E-state index in [4.69, 9.17) is 10.5 Å². The van der Waals surface area contributed by atoms with Crippen LogP contribution in [0.5, 0.6) is 5.75 Å². The number of nitrogen functional groups attached to an aromatic ring is 1. The van der Waals surface area contributed by atoms with E-state index in [1.165, 1.54) is 13.3 Å². The second-order valence-corrected chi connectivity index (χ2v) is 3.89. The number of nitrogens with two attached hydrogens (primary N) is 1. The number of anilines is 1. The summed E-state index contributed by atoms with van der Waals surface area (Å²) >= 11 is 0. The van der Waals surface area contributed by atoms with Crippen molar-refractivity contribution in [3.8, 4) is 16.9 Å². The van der Waals surface area contributed by atoms with E-state index >= 15 is 0 Å². The Balaban J connectivity index is 2.60. The predicted octanol–water partition coefficient (Wildman–Crippen LogP) is 2.93. The number of aromatic nitrogens is 1. The van der Waals surface area contributed by atoms with Crippen LogP contribution in [0.15, 0.2) is 24.4 Å². The average molecular weight is 250 g/mol. The quantitative estimate of drug-likeness (QED) is 0.891. The minimum Gasteiger partial charge on any atom is -0.497 e. The molecule has 0 saturated carbocycles. The minimum absolute atomic E-state index is 0.133. The van der Waals surface area contributed by atoms with Crippen LogP contribution in [-0.4, -0.2) is 12.1 Å². The average Bonchev–Trinajstić information content (AvgIpc) is 2.32. The van der Waals surface area contributed by atoms with Crippen LogP contribution in [0.25, 0.3) is 11.1 Å². The number of aryl methyl sites for hydroxylation is 1. The lowest BCUT2D eigenvalue weighted by molar-refractivity contribution is 0.407. The molecule has 18 heavy (non-hydrogen) atoms. The molecule has 0 aliphatic heterocycles. The largest absolute Gasteiger partial charge is 0.497 e. The van der Waals surface area contributed by atoms with E-state index in [0.717, 1.165) is 12.1 Å². The van der Waals surface area contributed by atoms with Crippen molar-refractivity contribution in [1.82, 2.24) is 4.98 Å². The summed E-state index contributed by atoms with van der Waals surface area (Å²) in [5.41, 5.74) is 6.45. The molecule has 0 spiro atoms. The maximum atomic E-state index is 13.8. The topological polar surface area (TPSA) is 48.1 Å². The standard InChI is InChI=1S/C13H12F2N2O/c1-7-3-8(6-17-13(7)16)12-10(14)4-9(18-2)5-11(12)15/h3-6H,1-2H3,(H2,16,17). The van der Waals surface area contributed by atoms with Gasteiger partial charge in [0.1, 0.15) is 23.2 Å². The number of hydrogen-bond acceptors (Lipinski definition) is 3. The van der Waals surface area contributed by atoms with Crippen molar-refractivity contribution in [3.63, 3.8) is 0 Å². The molecular formula is C13H12F2N2O. The zero-order valence-corrected chi connectivity index (χ0v) is 10.00. The number of nitrogens with zero attached hydrogens (tertiary/aromatic N) is 1. The molecule has 0 fully saturated rings. The van der Waals surface area contributed by atoms with E-state index in [9.17, 15) is 8.78 Å². The van der Waals surface area contributed by atoms with Gasteiger partial charge in [-0.1, -0.05) is 0 Å². The Hall–Kier alpha value is -2.17. The number of hydrogen-bond donors (Lipinski definition) is 1. The fourth-order valence-corrected chi connectivity index (χ4v) is 1.67. The molecule has 1 aromatic heterocycles. The van der Waals surface area contributed by atoms with Crippen molar-refractivity contribution >= 4 is 5.82 Å². The molecule has 0 bridgehead atoms. The van der Waals surface area contributed by atoms with Crippen LogP contribution >= 0.6 is 0 Å². The predicted molar refractivity (Wildman–Crippen MR) is 65.3 cm³/mol. The molecule has 0 atom stereocenters. The number of ether oxygens (including phenoxy) is 1. The monoisotopic (exact) mass is 250 g/mol. The Labute approximate surface area is 103 Å². The summed E-state index contributed by atoms with van der Waals surface area (Å²) in [6, 6.07) is 3.85. The number of methoxy groups -OCH3 is 1. The van der Waals surface area contributed by atoms with Crippen LogP contribution in [0.2, 0.25) is 0 Å². The molecule has 3 nitrogen and oxygen atoms in total. The number of halogens is 2. The summed E-state index contributed by atoms with van der Waals surface area (Å²) in [5, 5.41) is 0. The molecule has 2 N–H and O–H groups in total. The van der Waals surface area contributed by atoms with Gasteiger partial charge in [0.2, 0.25) is 0 Å². The maximum absolute atomic E-state index is 13.8.